The average molecular weight is 359 g/mol. The number of aromatic amines is 2. The zero-order valence-electron chi connectivity index (χ0n) is 14.9. The van der Waals surface area contributed by atoms with Gasteiger partial charge in [-0.2, -0.15) is 0 Å². The van der Waals surface area contributed by atoms with Crippen molar-refractivity contribution < 1.29 is 19.8 Å². The molecule has 0 radical (unpaired) electrons. The third-order valence-corrected chi connectivity index (χ3v) is 4.62. The molecule has 0 saturated heterocycles. The molecule has 2 aromatic heterocycles. The molecule has 0 aliphatic rings. The van der Waals surface area contributed by atoms with E-state index in [1.807, 2.05) is 79.3 Å². The van der Waals surface area contributed by atoms with E-state index in [-0.39, 0.29) is 11.8 Å². The maximum absolute atomic E-state index is 10.9. The Bertz CT molecular complexity index is 1050. The van der Waals surface area contributed by atoms with E-state index in [0.717, 1.165) is 33.5 Å². The number of hydrogen-bond acceptors (Lipinski definition) is 3. The fourth-order valence-corrected chi connectivity index (χ4v) is 3.21. The highest BCUT2D eigenvalue weighted by atomic mass is 16.5. The van der Waals surface area contributed by atoms with Gasteiger partial charge in [-0.15, -0.1) is 0 Å². The average Bonchev–Trinajstić information content (AvgIpc) is 2.74. The van der Waals surface area contributed by atoms with E-state index in [9.17, 15) is 5.11 Å². The Hall–Kier alpha value is -3.60. The SMILES string of the molecule is COc1ccc(NC(c2ccc[nH+]c2)c2ccc3ccc[nH+]c3c2O)cc1. The second-order valence-corrected chi connectivity index (χ2v) is 6.28. The molecule has 5 heteroatoms. The predicted molar refractivity (Wildman–Crippen MR) is 104 cm³/mol. The molecule has 0 aliphatic heterocycles. The smallest absolute Gasteiger partial charge is 0.253 e. The molecule has 0 fully saturated rings. The number of phenolic OH excluding ortho intramolecular Hbond substituents is 1. The summed E-state index contributed by atoms with van der Waals surface area (Å²) in [7, 11) is 1.65. The van der Waals surface area contributed by atoms with E-state index < -0.39 is 0 Å². The van der Waals surface area contributed by atoms with E-state index in [2.05, 4.69) is 15.3 Å². The molecular formula is C22H21N3O2+2. The highest BCUT2D eigenvalue weighted by Crippen LogP contribution is 2.35. The van der Waals surface area contributed by atoms with Crippen LogP contribution < -0.4 is 20.0 Å². The van der Waals surface area contributed by atoms with Crippen LogP contribution in [0.5, 0.6) is 11.5 Å². The number of H-pyrrole nitrogens is 2. The zero-order chi connectivity index (χ0) is 18.6. The lowest BCUT2D eigenvalue weighted by Crippen LogP contribution is -2.16. The molecule has 2 aromatic carbocycles. The fourth-order valence-electron chi connectivity index (χ4n) is 3.21. The molecule has 5 nitrogen and oxygen atoms in total. The number of anilines is 1. The van der Waals surface area contributed by atoms with E-state index in [1.165, 1.54) is 0 Å². The third kappa shape index (κ3) is 3.40. The molecule has 4 N–H and O–H groups in total. The first-order chi connectivity index (χ1) is 13.3. The van der Waals surface area contributed by atoms with Crippen molar-refractivity contribution in [1.82, 2.24) is 0 Å². The maximum Gasteiger partial charge on any atom is 0.253 e. The van der Waals surface area contributed by atoms with Crippen LogP contribution >= 0.6 is 0 Å². The van der Waals surface area contributed by atoms with Gasteiger partial charge >= 0.3 is 0 Å². The van der Waals surface area contributed by atoms with Gasteiger partial charge in [0.15, 0.2) is 24.3 Å². The second kappa shape index (κ2) is 7.33. The molecule has 0 bridgehead atoms. The molecule has 27 heavy (non-hydrogen) atoms. The molecule has 2 heterocycles. The normalized spacial score (nSPS) is 11.9. The molecule has 4 rings (SSSR count). The number of benzene rings is 2. The van der Waals surface area contributed by atoms with Crippen molar-refractivity contribution in [2.45, 2.75) is 6.04 Å². The van der Waals surface area contributed by atoms with Gasteiger partial charge < -0.3 is 15.2 Å². The molecule has 134 valence electrons. The predicted octanol–water partition coefficient (Wildman–Crippen LogP) is 3.38. The minimum Gasteiger partial charge on any atom is -0.502 e. The van der Waals surface area contributed by atoms with Gasteiger partial charge in [-0.1, -0.05) is 6.07 Å². The molecule has 0 aliphatic carbocycles. The lowest BCUT2D eigenvalue weighted by atomic mass is 9.97. The largest absolute Gasteiger partial charge is 0.502 e. The number of nitrogens with one attached hydrogen (secondary N) is 3. The van der Waals surface area contributed by atoms with Crippen molar-refractivity contribution in [2.75, 3.05) is 12.4 Å². The van der Waals surface area contributed by atoms with Gasteiger partial charge in [-0.25, -0.2) is 9.97 Å². The summed E-state index contributed by atoms with van der Waals surface area (Å²) < 4.78 is 5.23. The molecule has 0 spiro atoms. The summed E-state index contributed by atoms with van der Waals surface area (Å²) in [6.07, 6.45) is 5.61. The monoisotopic (exact) mass is 359 g/mol. The van der Waals surface area contributed by atoms with Crippen molar-refractivity contribution in [3.63, 3.8) is 0 Å². The lowest BCUT2D eigenvalue weighted by molar-refractivity contribution is -0.378. The number of aromatic hydroxyl groups is 1. The van der Waals surface area contributed by atoms with Gasteiger partial charge in [0.1, 0.15) is 5.75 Å². The van der Waals surface area contributed by atoms with Gasteiger partial charge in [0.05, 0.1) is 18.5 Å². The summed E-state index contributed by atoms with van der Waals surface area (Å²) >= 11 is 0. The van der Waals surface area contributed by atoms with Crippen molar-refractivity contribution >= 4 is 16.6 Å². The van der Waals surface area contributed by atoms with E-state index in [0.29, 0.717) is 0 Å². The number of pyridine rings is 2. The molecular weight excluding hydrogens is 338 g/mol. The van der Waals surface area contributed by atoms with Crippen LogP contribution in [0.15, 0.2) is 79.3 Å². The number of phenols is 1. The van der Waals surface area contributed by atoms with Gasteiger partial charge in [0, 0.05) is 28.9 Å². The minimum absolute atomic E-state index is 0.228. The molecule has 1 unspecified atom stereocenters. The maximum atomic E-state index is 10.9. The van der Waals surface area contributed by atoms with Crippen LogP contribution in [0.2, 0.25) is 0 Å². The number of aromatic nitrogens is 2. The summed E-state index contributed by atoms with van der Waals surface area (Å²) in [5.41, 5.74) is 3.46. The van der Waals surface area contributed by atoms with Crippen LogP contribution in [0.4, 0.5) is 5.69 Å². The first-order valence-electron chi connectivity index (χ1n) is 8.75. The highest BCUT2D eigenvalue weighted by molar-refractivity contribution is 5.83. The quantitative estimate of drug-likeness (QED) is 0.574. The van der Waals surface area contributed by atoms with Crippen molar-refractivity contribution in [1.29, 1.82) is 0 Å². The first kappa shape index (κ1) is 16.8. The zero-order valence-corrected chi connectivity index (χ0v) is 14.9. The van der Waals surface area contributed by atoms with Crippen molar-refractivity contribution in [3.8, 4) is 11.5 Å². The summed E-state index contributed by atoms with van der Waals surface area (Å²) in [6.45, 7) is 0. The van der Waals surface area contributed by atoms with E-state index in [1.54, 1.807) is 7.11 Å². The summed E-state index contributed by atoms with van der Waals surface area (Å²) in [5, 5.41) is 15.4. The second-order valence-electron chi connectivity index (χ2n) is 6.28. The summed E-state index contributed by atoms with van der Waals surface area (Å²) in [5.74, 6) is 1.04. The number of methoxy groups -OCH3 is 1. The van der Waals surface area contributed by atoms with Gasteiger partial charge in [-0.3, -0.25) is 0 Å². The molecule has 4 aromatic rings. The number of rotatable bonds is 5. The van der Waals surface area contributed by atoms with Crippen LogP contribution in [0.1, 0.15) is 17.2 Å². The first-order valence-corrected chi connectivity index (χ1v) is 8.75. The molecule has 0 amide bonds. The van der Waals surface area contributed by atoms with Crippen molar-refractivity contribution in [2.24, 2.45) is 0 Å². The summed E-state index contributed by atoms with van der Waals surface area (Å²) in [4.78, 5) is 6.27. The number of fused-ring (bicyclic) bond motifs is 1. The third-order valence-electron chi connectivity index (χ3n) is 4.62. The topological polar surface area (TPSA) is 69.8 Å². The Kier molecular flexibility index (Phi) is 4.58. The highest BCUT2D eigenvalue weighted by Gasteiger charge is 2.23. The fraction of sp³-hybridized carbons (Fsp3) is 0.0909. The van der Waals surface area contributed by atoms with Crippen LogP contribution in [-0.2, 0) is 0 Å². The Morgan fingerprint density at radius 1 is 0.963 bits per heavy atom. The standard InChI is InChI=1S/C22H19N3O2/c1-27-18-9-7-17(8-10-18)25-20(16-5-2-12-23-14-16)19-11-6-15-4-3-13-24-21(15)22(19)26/h2-14,20,25-26H,1H3/p+2. The number of hydrogen-bond donors (Lipinski definition) is 2. The minimum atomic E-state index is -0.228. The van der Waals surface area contributed by atoms with Gasteiger partial charge in [0.2, 0.25) is 0 Å². The Balaban J connectivity index is 1.79. The Labute approximate surface area is 157 Å². The van der Waals surface area contributed by atoms with Gasteiger partial charge in [-0.05, 0) is 42.5 Å². The molecule has 0 saturated carbocycles. The Morgan fingerprint density at radius 3 is 2.52 bits per heavy atom. The van der Waals surface area contributed by atoms with Crippen LogP contribution in [0.3, 0.4) is 0 Å². The Morgan fingerprint density at radius 2 is 1.78 bits per heavy atom. The summed E-state index contributed by atoms with van der Waals surface area (Å²) in [6, 6.07) is 19.3. The van der Waals surface area contributed by atoms with Crippen LogP contribution in [0.25, 0.3) is 10.9 Å². The van der Waals surface area contributed by atoms with E-state index in [4.69, 9.17) is 4.74 Å². The lowest BCUT2D eigenvalue weighted by Gasteiger charge is -2.20. The molecule has 1 atom stereocenters. The van der Waals surface area contributed by atoms with Crippen LogP contribution in [-0.4, -0.2) is 12.2 Å². The van der Waals surface area contributed by atoms with Crippen molar-refractivity contribution in [3.05, 3.63) is 90.4 Å². The number of ether oxygens (including phenoxy) is 1. The van der Waals surface area contributed by atoms with E-state index >= 15 is 0 Å². The van der Waals surface area contributed by atoms with Crippen LogP contribution in [0, 0.1) is 0 Å². The van der Waals surface area contributed by atoms with Gasteiger partial charge in [0.25, 0.3) is 5.52 Å².